The van der Waals surface area contributed by atoms with Gasteiger partial charge in [-0.1, -0.05) is 94.8 Å². The Hall–Kier alpha value is -1.61. The van der Waals surface area contributed by atoms with Gasteiger partial charge in [0.15, 0.2) is 0 Å². The Bertz CT molecular complexity index is 961. The Balaban J connectivity index is 2.90. The molecule has 196 valence electrons. The van der Waals surface area contributed by atoms with Gasteiger partial charge in [-0.3, -0.25) is 0 Å². The number of rotatable bonds is 10. The summed E-state index contributed by atoms with van der Waals surface area (Å²) in [5.41, 5.74) is 3.99. The molecule has 2 aromatic rings. The summed E-state index contributed by atoms with van der Waals surface area (Å²) in [6.45, 7) is 26.6. The lowest BCUT2D eigenvalue weighted by molar-refractivity contribution is 0.420. The molecule has 0 heterocycles. The highest BCUT2D eigenvalue weighted by Gasteiger charge is 2.32. The van der Waals surface area contributed by atoms with Crippen molar-refractivity contribution in [2.45, 2.75) is 140 Å². The summed E-state index contributed by atoms with van der Waals surface area (Å²) in [6, 6.07) is 8.49. The Labute approximate surface area is 219 Å². The lowest BCUT2D eigenvalue weighted by Crippen LogP contribution is -2.21. The maximum Gasteiger partial charge on any atom is 0.119 e. The maximum atomic E-state index is 11.1. The fourth-order valence-electron chi connectivity index (χ4n) is 4.33. The van der Waals surface area contributed by atoms with E-state index in [2.05, 4.69) is 95.2 Å². The molecular formula is C32H50O2S. The van der Waals surface area contributed by atoms with Crippen LogP contribution in [-0.2, 0) is 21.7 Å². The smallest absolute Gasteiger partial charge is 0.119 e. The van der Waals surface area contributed by atoms with Crippen LogP contribution < -0.4 is 0 Å². The minimum Gasteiger partial charge on any atom is -0.508 e. The summed E-state index contributed by atoms with van der Waals surface area (Å²) in [5, 5.41) is 22.2. The lowest BCUT2D eigenvalue weighted by atomic mass is 9.77. The first-order chi connectivity index (χ1) is 16.0. The number of benzene rings is 2. The summed E-state index contributed by atoms with van der Waals surface area (Å²) in [6.07, 6.45) is 3.85. The number of hydrogen-bond acceptors (Lipinski definition) is 3. The van der Waals surface area contributed by atoms with E-state index in [0.29, 0.717) is 11.5 Å². The Morgan fingerprint density at radius 2 is 0.743 bits per heavy atom. The topological polar surface area (TPSA) is 40.5 Å². The number of phenolic OH excluding ortho intramolecular Hbond substituents is 2. The first kappa shape index (κ1) is 29.6. The summed E-state index contributed by atoms with van der Waals surface area (Å²) >= 11 is 1.80. The first-order valence-electron chi connectivity index (χ1n) is 13.4. The molecule has 2 nitrogen and oxygen atoms in total. The van der Waals surface area contributed by atoms with E-state index in [1.165, 1.54) is 20.9 Å². The van der Waals surface area contributed by atoms with Gasteiger partial charge in [0.1, 0.15) is 11.5 Å². The van der Waals surface area contributed by atoms with Crippen molar-refractivity contribution in [2.75, 3.05) is 0 Å². The second kappa shape index (κ2) is 10.4. The van der Waals surface area contributed by atoms with E-state index < -0.39 is 0 Å². The van der Waals surface area contributed by atoms with Crippen molar-refractivity contribution in [3.63, 3.8) is 0 Å². The van der Waals surface area contributed by atoms with E-state index >= 15 is 0 Å². The van der Waals surface area contributed by atoms with E-state index in [1.54, 1.807) is 11.8 Å². The highest BCUT2D eigenvalue weighted by atomic mass is 32.2. The summed E-state index contributed by atoms with van der Waals surface area (Å²) in [5.74, 6) is 0.788. The third kappa shape index (κ3) is 6.04. The second-order valence-electron chi connectivity index (χ2n) is 12.8. The van der Waals surface area contributed by atoms with E-state index in [-0.39, 0.29) is 21.7 Å². The molecule has 0 saturated heterocycles. The molecule has 0 bridgehead atoms. The van der Waals surface area contributed by atoms with Crippen LogP contribution in [0.2, 0.25) is 0 Å². The van der Waals surface area contributed by atoms with Crippen LogP contribution in [0.1, 0.15) is 131 Å². The molecule has 0 amide bonds. The Morgan fingerprint density at radius 3 is 1.00 bits per heavy atom. The van der Waals surface area contributed by atoms with Crippen LogP contribution in [0.5, 0.6) is 11.5 Å². The Kier molecular flexibility index (Phi) is 8.80. The zero-order valence-corrected chi connectivity index (χ0v) is 25.3. The van der Waals surface area contributed by atoms with Gasteiger partial charge in [-0.15, -0.1) is 0 Å². The van der Waals surface area contributed by atoms with Crippen LogP contribution in [0.4, 0.5) is 0 Å². The van der Waals surface area contributed by atoms with Gasteiger partial charge < -0.3 is 10.2 Å². The van der Waals surface area contributed by atoms with Gasteiger partial charge in [0, 0.05) is 20.9 Å². The van der Waals surface area contributed by atoms with E-state index in [9.17, 15) is 10.2 Å². The molecule has 0 aromatic heterocycles. The van der Waals surface area contributed by atoms with Crippen LogP contribution in [0.25, 0.3) is 0 Å². The van der Waals surface area contributed by atoms with Crippen LogP contribution >= 0.6 is 11.8 Å². The summed E-state index contributed by atoms with van der Waals surface area (Å²) in [7, 11) is 0. The number of phenols is 2. The third-order valence-electron chi connectivity index (χ3n) is 8.87. The monoisotopic (exact) mass is 498 g/mol. The SMILES string of the molecule is CCC(C)(C)c1cc(Sc2cc(C(C)(C)CC)c(O)cc2C(C)(C)CC)c(C(C)(C)CC)cc1O. The van der Waals surface area contributed by atoms with Crippen molar-refractivity contribution < 1.29 is 10.2 Å². The lowest BCUT2D eigenvalue weighted by Gasteiger charge is -2.33. The molecule has 0 aliphatic heterocycles. The molecule has 0 fully saturated rings. The van der Waals surface area contributed by atoms with Gasteiger partial charge in [0.25, 0.3) is 0 Å². The van der Waals surface area contributed by atoms with Crippen molar-refractivity contribution in [1.29, 1.82) is 0 Å². The molecule has 0 unspecified atom stereocenters. The van der Waals surface area contributed by atoms with E-state index in [0.717, 1.165) is 36.8 Å². The van der Waals surface area contributed by atoms with Crippen LogP contribution in [0.15, 0.2) is 34.1 Å². The normalized spacial score (nSPS) is 13.4. The molecule has 0 saturated carbocycles. The molecule has 3 heteroatoms. The minimum atomic E-state index is -0.121. The standard InChI is InChI=1S/C32H50O2S/c1-13-29(5,6)21-19-27(23(17-25(21)33)31(9,10)15-3)35-28-20-22(30(7,8)14-2)26(34)18-24(28)32(11,12)16-4/h17-20,33-34H,13-16H2,1-12H3. The quantitative estimate of drug-likeness (QED) is 0.342. The molecular weight excluding hydrogens is 448 g/mol. The molecule has 0 spiro atoms. The average molecular weight is 499 g/mol. The molecule has 0 atom stereocenters. The first-order valence-corrected chi connectivity index (χ1v) is 14.2. The van der Waals surface area contributed by atoms with Gasteiger partial charge in [-0.25, -0.2) is 0 Å². The molecule has 2 rings (SSSR count). The maximum absolute atomic E-state index is 11.1. The van der Waals surface area contributed by atoms with Crippen molar-refractivity contribution in [2.24, 2.45) is 0 Å². The van der Waals surface area contributed by atoms with Crippen LogP contribution in [-0.4, -0.2) is 10.2 Å². The minimum absolute atomic E-state index is 0.0718. The van der Waals surface area contributed by atoms with Crippen LogP contribution in [0, 0.1) is 0 Å². The van der Waals surface area contributed by atoms with Gasteiger partial charge in [-0.05, 0) is 82.7 Å². The summed E-state index contributed by atoms with van der Waals surface area (Å²) < 4.78 is 0. The van der Waals surface area contributed by atoms with Crippen LogP contribution in [0.3, 0.4) is 0 Å². The fourth-order valence-corrected chi connectivity index (χ4v) is 5.81. The van der Waals surface area contributed by atoms with Crippen molar-refractivity contribution in [3.05, 3.63) is 46.5 Å². The second-order valence-corrected chi connectivity index (χ2v) is 13.9. The van der Waals surface area contributed by atoms with Crippen molar-refractivity contribution >= 4 is 11.8 Å². The van der Waals surface area contributed by atoms with Gasteiger partial charge >= 0.3 is 0 Å². The number of aromatic hydroxyl groups is 2. The summed E-state index contributed by atoms with van der Waals surface area (Å²) in [4.78, 5) is 2.40. The average Bonchev–Trinajstić information content (AvgIpc) is 2.80. The molecule has 0 aliphatic carbocycles. The third-order valence-corrected chi connectivity index (χ3v) is 9.98. The van der Waals surface area contributed by atoms with E-state index in [4.69, 9.17) is 0 Å². The largest absolute Gasteiger partial charge is 0.508 e. The predicted molar refractivity (Wildman–Crippen MR) is 154 cm³/mol. The van der Waals surface area contributed by atoms with Crippen molar-refractivity contribution in [1.82, 2.24) is 0 Å². The zero-order valence-electron chi connectivity index (χ0n) is 24.4. The van der Waals surface area contributed by atoms with Crippen molar-refractivity contribution in [3.8, 4) is 11.5 Å². The molecule has 2 N–H and O–H groups in total. The predicted octanol–water partition coefficient (Wildman–Crippen LogP) is 10.00. The highest BCUT2D eigenvalue weighted by molar-refractivity contribution is 7.99. The number of hydrogen-bond donors (Lipinski definition) is 2. The fraction of sp³-hybridized carbons (Fsp3) is 0.625. The Morgan fingerprint density at radius 1 is 0.486 bits per heavy atom. The highest BCUT2D eigenvalue weighted by Crippen LogP contribution is 2.49. The molecule has 35 heavy (non-hydrogen) atoms. The van der Waals surface area contributed by atoms with Gasteiger partial charge in [0.2, 0.25) is 0 Å². The molecule has 0 radical (unpaired) electrons. The van der Waals surface area contributed by atoms with E-state index in [1.807, 2.05) is 12.1 Å². The van der Waals surface area contributed by atoms with Gasteiger partial charge in [-0.2, -0.15) is 0 Å². The van der Waals surface area contributed by atoms with Gasteiger partial charge in [0.05, 0.1) is 0 Å². The molecule has 0 aliphatic rings. The molecule has 2 aromatic carbocycles. The zero-order chi connectivity index (χ0) is 27.0.